The van der Waals surface area contributed by atoms with Crippen molar-refractivity contribution in [1.29, 1.82) is 0 Å². The summed E-state index contributed by atoms with van der Waals surface area (Å²) in [5, 5.41) is 3.74. The van der Waals surface area contributed by atoms with E-state index in [1.807, 2.05) is 30.3 Å². The number of benzene rings is 2. The second-order valence-electron chi connectivity index (χ2n) is 4.93. The Bertz CT molecular complexity index is 881. The number of rotatable bonds is 7. The van der Waals surface area contributed by atoms with E-state index in [1.54, 1.807) is 30.3 Å². The fourth-order valence-electron chi connectivity index (χ4n) is 2.04. The van der Waals surface area contributed by atoms with Crippen LogP contribution in [0.15, 0.2) is 65.6 Å². The molecule has 2 N–H and O–H groups in total. The molecule has 0 amide bonds. The van der Waals surface area contributed by atoms with Crippen molar-refractivity contribution in [3.8, 4) is 11.4 Å². The molecule has 3 aromatic rings. The van der Waals surface area contributed by atoms with Gasteiger partial charge in [-0.1, -0.05) is 48.5 Å². The van der Waals surface area contributed by atoms with E-state index in [4.69, 9.17) is 0 Å². The third kappa shape index (κ3) is 4.16. The highest BCUT2D eigenvalue weighted by Gasteiger charge is 2.12. The molecule has 0 bridgehead atoms. The molecule has 0 saturated carbocycles. The lowest BCUT2D eigenvalue weighted by atomic mass is 10.2. The van der Waals surface area contributed by atoms with Crippen LogP contribution in [0.4, 0.5) is 5.13 Å². The molecule has 0 spiro atoms. The molecule has 0 aliphatic rings. The second kappa shape index (κ2) is 7.52. The van der Waals surface area contributed by atoms with Crippen LogP contribution in [0, 0.1) is 0 Å². The van der Waals surface area contributed by atoms with Crippen molar-refractivity contribution in [2.24, 2.45) is 0 Å². The van der Waals surface area contributed by atoms with Crippen LogP contribution < -0.4 is 10.0 Å². The molecule has 2 aromatic carbocycles. The number of sulfonamides is 1. The quantitative estimate of drug-likeness (QED) is 0.633. The molecule has 0 unspecified atom stereocenters. The van der Waals surface area contributed by atoms with Gasteiger partial charge in [0, 0.05) is 30.2 Å². The minimum absolute atomic E-state index is 0.257. The van der Waals surface area contributed by atoms with Gasteiger partial charge < -0.3 is 5.32 Å². The van der Waals surface area contributed by atoms with Crippen LogP contribution in [0.2, 0.25) is 0 Å². The Hall–Kier alpha value is -2.29. The largest absolute Gasteiger partial charge is 0.359 e. The van der Waals surface area contributed by atoms with E-state index in [-0.39, 0.29) is 11.4 Å². The summed E-state index contributed by atoms with van der Waals surface area (Å²) in [6.07, 6.45) is 0. The first-order chi connectivity index (χ1) is 11.6. The van der Waals surface area contributed by atoms with Gasteiger partial charge in [0.2, 0.25) is 15.2 Å². The highest BCUT2D eigenvalue weighted by Crippen LogP contribution is 2.20. The number of hydrogen-bond donors (Lipinski definition) is 2. The van der Waals surface area contributed by atoms with Gasteiger partial charge in [0.05, 0.1) is 4.90 Å². The van der Waals surface area contributed by atoms with Gasteiger partial charge in [-0.25, -0.2) is 13.1 Å². The highest BCUT2D eigenvalue weighted by molar-refractivity contribution is 7.89. The van der Waals surface area contributed by atoms with Gasteiger partial charge in [-0.3, -0.25) is 0 Å². The molecule has 0 aliphatic carbocycles. The van der Waals surface area contributed by atoms with Crippen molar-refractivity contribution in [3.05, 3.63) is 60.7 Å². The Labute approximate surface area is 144 Å². The van der Waals surface area contributed by atoms with Gasteiger partial charge in [0.15, 0.2) is 5.82 Å². The molecule has 8 heteroatoms. The van der Waals surface area contributed by atoms with E-state index in [2.05, 4.69) is 19.4 Å². The van der Waals surface area contributed by atoms with Crippen LogP contribution in [-0.4, -0.2) is 30.9 Å². The van der Waals surface area contributed by atoms with Crippen LogP contribution >= 0.6 is 11.5 Å². The third-order valence-electron chi connectivity index (χ3n) is 3.20. The predicted octanol–water partition coefficient (Wildman–Crippen LogP) is 2.60. The average molecular weight is 360 g/mol. The minimum atomic E-state index is -3.48. The van der Waals surface area contributed by atoms with Gasteiger partial charge in [-0.2, -0.15) is 9.36 Å². The summed E-state index contributed by atoms with van der Waals surface area (Å²) >= 11 is 1.25. The van der Waals surface area contributed by atoms with E-state index in [1.165, 1.54) is 11.5 Å². The Morgan fingerprint density at radius 1 is 0.917 bits per heavy atom. The van der Waals surface area contributed by atoms with Gasteiger partial charge in [0.1, 0.15) is 0 Å². The summed E-state index contributed by atoms with van der Waals surface area (Å²) in [7, 11) is -3.48. The van der Waals surface area contributed by atoms with Crippen molar-refractivity contribution in [2.45, 2.75) is 4.90 Å². The smallest absolute Gasteiger partial charge is 0.240 e. The summed E-state index contributed by atoms with van der Waals surface area (Å²) < 4.78 is 31.0. The minimum Gasteiger partial charge on any atom is -0.359 e. The van der Waals surface area contributed by atoms with Crippen molar-refractivity contribution in [1.82, 2.24) is 14.1 Å². The zero-order valence-corrected chi connectivity index (χ0v) is 14.3. The maximum atomic E-state index is 12.1. The van der Waals surface area contributed by atoms with E-state index >= 15 is 0 Å². The van der Waals surface area contributed by atoms with Gasteiger partial charge in [-0.15, -0.1) is 0 Å². The highest BCUT2D eigenvalue weighted by atomic mass is 32.2. The molecule has 24 heavy (non-hydrogen) atoms. The summed E-state index contributed by atoms with van der Waals surface area (Å²) in [5.41, 5.74) is 0.951. The van der Waals surface area contributed by atoms with Gasteiger partial charge in [-0.05, 0) is 12.1 Å². The maximum Gasteiger partial charge on any atom is 0.240 e. The molecule has 1 heterocycles. The van der Waals surface area contributed by atoms with E-state index in [0.717, 1.165) is 5.56 Å². The molecule has 0 aliphatic heterocycles. The summed E-state index contributed by atoms with van der Waals surface area (Å²) in [6.45, 7) is 0.687. The predicted molar refractivity (Wildman–Crippen MR) is 95.5 cm³/mol. The summed E-state index contributed by atoms with van der Waals surface area (Å²) in [6, 6.07) is 18.0. The molecule has 6 nitrogen and oxygen atoms in total. The van der Waals surface area contributed by atoms with Crippen molar-refractivity contribution in [2.75, 3.05) is 18.4 Å². The van der Waals surface area contributed by atoms with Gasteiger partial charge >= 0.3 is 0 Å². The standard InChI is InChI=1S/C16H16N4O2S2/c21-24(22,14-9-5-2-6-10-14)18-12-11-17-16-19-15(20-23-16)13-7-3-1-4-8-13/h1-10,18H,11-12H2,(H,17,19,20). The first kappa shape index (κ1) is 16.6. The topological polar surface area (TPSA) is 84.0 Å². The van der Waals surface area contributed by atoms with Crippen LogP contribution in [0.25, 0.3) is 11.4 Å². The summed E-state index contributed by atoms with van der Waals surface area (Å²) in [5.74, 6) is 0.660. The van der Waals surface area contributed by atoms with Crippen molar-refractivity contribution in [3.63, 3.8) is 0 Å². The fraction of sp³-hybridized carbons (Fsp3) is 0.125. The number of hydrogen-bond acceptors (Lipinski definition) is 6. The zero-order valence-electron chi connectivity index (χ0n) is 12.7. The number of anilines is 1. The normalized spacial score (nSPS) is 11.3. The Balaban J connectivity index is 1.52. The molecular formula is C16H16N4O2S2. The zero-order chi connectivity index (χ0) is 16.8. The number of nitrogens with one attached hydrogen (secondary N) is 2. The molecule has 0 saturated heterocycles. The molecule has 3 rings (SSSR count). The molecular weight excluding hydrogens is 344 g/mol. The van der Waals surface area contributed by atoms with E-state index in [0.29, 0.717) is 17.5 Å². The van der Waals surface area contributed by atoms with Gasteiger partial charge in [0.25, 0.3) is 0 Å². The lowest BCUT2D eigenvalue weighted by Gasteiger charge is -2.06. The Morgan fingerprint density at radius 3 is 2.29 bits per heavy atom. The molecule has 0 radical (unpaired) electrons. The molecule has 0 atom stereocenters. The first-order valence-electron chi connectivity index (χ1n) is 7.33. The Morgan fingerprint density at radius 2 is 1.58 bits per heavy atom. The second-order valence-corrected chi connectivity index (χ2v) is 7.45. The van der Waals surface area contributed by atoms with Crippen LogP contribution in [-0.2, 0) is 10.0 Å². The third-order valence-corrected chi connectivity index (χ3v) is 5.35. The number of nitrogens with zero attached hydrogens (tertiary/aromatic N) is 2. The van der Waals surface area contributed by atoms with E-state index < -0.39 is 10.0 Å². The van der Waals surface area contributed by atoms with Crippen LogP contribution in [0.1, 0.15) is 0 Å². The van der Waals surface area contributed by atoms with Crippen molar-refractivity contribution < 1.29 is 8.42 Å². The molecule has 124 valence electrons. The number of aromatic nitrogens is 2. The monoisotopic (exact) mass is 360 g/mol. The van der Waals surface area contributed by atoms with Crippen LogP contribution in [0.3, 0.4) is 0 Å². The first-order valence-corrected chi connectivity index (χ1v) is 9.58. The summed E-state index contributed by atoms with van der Waals surface area (Å²) in [4.78, 5) is 4.65. The lowest BCUT2D eigenvalue weighted by Crippen LogP contribution is -2.28. The van der Waals surface area contributed by atoms with E-state index in [9.17, 15) is 8.42 Å². The average Bonchev–Trinajstić information content (AvgIpc) is 3.09. The Kier molecular flexibility index (Phi) is 5.19. The fourth-order valence-corrected chi connectivity index (χ4v) is 3.70. The SMILES string of the molecule is O=S(=O)(NCCNc1nc(-c2ccccc2)ns1)c1ccccc1. The maximum absolute atomic E-state index is 12.1. The molecule has 1 aromatic heterocycles. The van der Waals surface area contributed by atoms with Crippen molar-refractivity contribution >= 4 is 26.7 Å². The lowest BCUT2D eigenvalue weighted by molar-refractivity contribution is 0.583. The molecule has 0 fully saturated rings. The van der Waals surface area contributed by atoms with Crippen LogP contribution in [0.5, 0.6) is 0 Å².